The third-order valence-corrected chi connectivity index (χ3v) is 4.96. The van der Waals surface area contributed by atoms with Crippen molar-refractivity contribution in [2.45, 2.75) is 6.54 Å². The number of carbonyl (C=O) groups is 1. The summed E-state index contributed by atoms with van der Waals surface area (Å²) in [4.78, 5) is 18.7. The average Bonchev–Trinajstić information content (AvgIpc) is 3.01. The summed E-state index contributed by atoms with van der Waals surface area (Å²) in [7, 11) is 3.22. The van der Waals surface area contributed by atoms with Gasteiger partial charge in [-0.25, -0.2) is 4.79 Å². The smallest absolute Gasteiger partial charge is 0.322 e. The number of pyridine rings is 1. The molecule has 0 saturated heterocycles. The lowest BCUT2D eigenvalue weighted by Crippen LogP contribution is -2.36. The molecule has 4 rings (SSSR count). The molecule has 154 valence electrons. The van der Waals surface area contributed by atoms with Crippen molar-refractivity contribution in [1.29, 1.82) is 0 Å². The van der Waals surface area contributed by atoms with Crippen LogP contribution < -0.4 is 19.5 Å². The molecule has 1 N–H and O–H groups in total. The van der Waals surface area contributed by atoms with Crippen molar-refractivity contribution in [2.24, 2.45) is 0 Å². The average molecular weight is 405 g/mol. The minimum absolute atomic E-state index is 0.188. The second kappa shape index (κ2) is 8.73. The van der Waals surface area contributed by atoms with E-state index >= 15 is 0 Å². The van der Waals surface area contributed by atoms with E-state index in [2.05, 4.69) is 10.3 Å². The molecule has 2 amide bonds. The highest BCUT2D eigenvalue weighted by molar-refractivity contribution is 5.89. The first-order chi connectivity index (χ1) is 14.7. The maximum atomic E-state index is 12.9. The molecule has 1 aliphatic heterocycles. The van der Waals surface area contributed by atoms with E-state index in [1.165, 1.54) is 0 Å². The Balaban J connectivity index is 1.57. The SMILES string of the molecule is COc1cccc(NC(=O)N2CCOc3ccc(-c4ccncc4OC)cc3C2)c1. The first-order valence-electron chi connectivity index (χ1n) is 9.62. The van der Waals surface area contributed by atoms with Crippen molar-refractivity contribution in [3.63, 3.8) is 0 Å². The van der Waals surface area contributed by atoms with E-state index in [-0.39, 0.29) is 6.03 Å². The number of aromatic nitrogens is 1. The van der Waals surface area contributed by atoms with Crippen LogP contribution in [-0.4, -0.2) is 43.3 Å². The summed E-state index contributed by atoms with van der Waals surface area (Å²) >= 11 is 0. The lowest BCUT2D eigenvalue weighted by molar-refractivity contribution is 0.200. The lowest BCUT2D eigenvalue weighted by atomic mass is 10.0. The van der Waals surface area contributed by atoms with Gasteiger partial charge < -0.3 is 24.4 Å². The van der Waals surface area contributed by atoms with Crippen LogP contribution in [0.4, 0.5) is 10.5 Å². The third-order valence-electron chi connectivity index (χ3n) is 4.96. The molecule has 0 saturated carbocycles. The van der Waals surface area contributed by atoms with Crippen molar-refractivity contribution in [2.75, 3.05) is 32.7 Å². The second-order valence-electron chi connectivity index (χ2n) is 6.83. The van der Waals surface area contributed by atoms with Crippen molar-refractivity contribution in [1.82, 2.24) is 9.88 Å². The number of nitrogens with zero attached hydrogens (tertiary/aromatic N) is 2. The minimum Gasteiger partial charge on any atom is -0.497 e. The van der Waals surface area contributed by atoms with E-state index in [1.807, 2.05) is 42.5 Å². The fourth-order valence-electron chi connectivity index (χ4n) is 3.42. The number of benzene rings is 2. The molecule has 7 nitrogen and oxygen atoms in total. The monoisotopic (exact) mass is 405 g/mol. The van der Waals surface area contributed by atoms with Crippen LogP contribution in [-0.2, 0) is 6.54 Å². The van der Waals surface area contributed by atoms with Crippen LogP contribution in [0.25, 0.3) is 11.1 Å². The highest BCUT2D eigenvalue weighted by Crippen LogP contribution is 2.33. The van der Waals surface area contributed by atoms with Crippen molar-refractivity contribution in [3.05, 3.63) is 66.5 Å². The number of ether oxygens (including phenoxy) is 3. The molecule has 0 spiro atoms. The summed E-state index contributed by atoms with van der Waals surface area (Å²) < 4.78 is 16.5. The Kier molecular flexibility index (Phi) is 5.70. The van der Waals surface area contributed by atoms with Crippen molar-refractivity contribution < 1.29 is 19.0 Å². The van der Waals surface area contributed by atoms with E-state index in [0.717, 1.165) is 22.4 Å². The zero-order valence-electron chi connectivity index (χ0n) is 16.9. The minimum atomic E-state index is -0.188. The number of fused-ring (bicyclic) bond motifs is 1. The third kappa shape index (κ3) is 4.15. The Morgan fingerprint density at radius 3 is 2.87 bits per heavy atom. The highest BCUT2D eigenvalue weighted by Gasteiger charge is 2.21. The Hall–Kier alpha value is -3.74. The molecule has 0 aliphatic carbocycles. The lowest BCUT2D eigenvalue weighted by Gasteiger charge is -2.21. The molecule has 1 aliphatic rings. The topological polar surface area (TPSA) is 72.9 Å². The zero-order valence-corrected chi connectivity index (χ0v) is 16.9. The largest absolute Gasteiger partial charge is 0.497 e. The van der Waals surface area contributed by atoms with E-state index in [0.29, 0.717) is 36.9 Å². The molecule has 2 aromatic carbocycles. The van der Waals surface area contributed by atoms with Gasteiger partial charge in [0.1, 0.15) is 23.9 Å². The normalized spacial score (nSPS) is 12.9. The zero-order chi connectivity index (χ0) is 20.9. The van der Waals surface area contributed by atoms with Gasteiger partial charge in [-0.3, -0.25) is 4.98 Å². The summed E-state index contributed by atoms with van der Waals surface area (Å²) in [5.41, 5.74) is 3.53. The van der Waals surface area contributed by atoms with Gasteiger partial charge in [-0.1, -0.05) is 12.1 Å². The molecule has 0 fully saturated rings. The highest BCUT2D eigenvalue weighted by atomic mass is 16.5. The number of methoxy groups -OCH3 is 2. The number of rotatable bonds is 4. The van der Waals surface area contributed by atoms with Crippen LogP contribution in [0.15, 0.2) is 60.9 Å². The van der Waals surface area contributed by atoms with Crippen molar-refractivity contribution >= 4 is 11.7 Å². The molecule has 30 heavy (non-hydrogen) atoms. The number of anilines is 1. The Morgan fingerprint density at radius 1 is 1.13 bits per heavy atom. The summed E-state index contributed by atoms with van der Waals surface area (Å²) in [6.45, 7) is 1.35. The summed E-state index contributed by atoms with van der Waals surface area (Å²) in [5, 5.41) is 2.93. The van der Waals surface area contributed by atoms with E-state index < -0.39 is 0 Å². The summed E-state index contributed by atoms with van der Waals surface area (Å²) in [6.07, 6.45) is 3.42. The van der Waals surface area contributed by atoms with Crippen LogP contribution in [0.1, 0.15) is 5.56 Å². The number of amides is 2. The Labute approximate surface area is 175 Å². The van der Waals surface area contributed by atoms with Gasteiger partial charge >= 0.3 is 6.03 Å². The van der Waals surface area contributed by atoms with Gasteiger partial charge in [0.05, 0.1) is 33.5 Å². The van der Waals surface area contributed by atoms with Gasteiger partial charge in [0.15, 0.2) is 0 Å². The number of nitrogens with one attached hydrogen (secondary N) is 1. The number of hydrogen-bond acceptors (Lipinski definition) is 5. The summed E-state index contributed by atoms with van der Waals surface area (Å²) in [5.74, 6) is 2.16. The molecular formula is C23H23N3O4. The maximum absolute atomic E-state index is 12.9. The first-order valence-corrected chi connectivity index (χ1v) is 9.62. The van der Waals surface area contributed by atoms with Crippen LogP contribution in [0.2, 0.25) is 0 Å². The van der Waals surface area contributed by atoms with Gasteiger partial charge in [-0.05, 0) is 35.9 Å². The van der Waals surface area contributed by atoms with Gasteiger partial charge in [-0.2, -0.15) is 0 Å². The number of hydrogen-bond donors (Lipinski definition) is 1. The van der Waals surface area contributed by atoms with E-state index in [4.69, 9.17) is 14.2 Å². The van der Waals surface area contributed by atoms with Crippen molar-refractivity contribution in [3.8, 4) is 28.4 Å². The summed E-state index contributed by atoms with van der Waals surface area (Å²) in [6, 6.07) is 15.0. The van der Waals surface area contributed by atoms with Gasteiger partial charge in [0, 0.05) is 29.1 Å². The molecule has 0 unspecified atom stereocenters. The van der Waals surface area contributed by atoms with Gasteiger partial charge in [0.25, 0.3) is 0 Å². The first kappa shape index (κ1) is 19.6. The van der Waals surface area contributed by atoms with Crippen LogP contribution in [0.5, 0.6) is 17.2 Å². The predicted octanol–water partition coefficient (Wildman–Crippen LogP) is 4.19. The Bertz CT molecular complexity index is 1050. The molecule has 3 aromatic rings. The quantitative estimate of drug-likeness (QED) is 0.705. The fraction of sp³-hybridized carbons (Fsp3) is 0.217. The maximum Gasteiger partial charge on any atom is 0.322 e. The van der Waals surface area contributed by atoms with E-state index in [9.17, 15) is 4.79 Å². The van der Waals surface area contributed by atoms with Crippen LogP contribution in [0.3, 0.4) is 0 Å². The fourth-order valence-corrected chi connectivity index (χ4v) is 3.42. The number of carbonyl (C=O) groups excluding carboxylic acids is 1. The number of urea groups is 1. The molecule has 0 atom stereocenters. The van der Waals surface area contributed by atoms with Gasteiger partial charge in [-0.15, -0.1) is 0 Å². The van der Waals surface area contributed by atoms with E-state index in [1.54, 1.807) is 37.6 Å². The predicted molar refractivity (Wildman–Crippen MR) is 114 cm³/mol. The molecule has 1 aromatic heterocycles. The van der Waals surface area contributed by atoms with Gasteiger partial charge in [0.2, 0.25) is 0 Å². The van der Waals surface area contributed by atoms with Crippen LogP contribution in [0, 0.1) is 0 Å². The molecule has 0 bridgehead atoms. The second-order valence-corrected chi connectivity index (χ2v) is 6.83. The molecule has 7 heteroatoms. The molecule has 2 heterocycles. The Morgan fingerprint density at radius 2 is 2.03 bits per heavy atom. The van der Waals surface area contributed by atoms with Crippen LogP contribution >= 0.6 is 0 Å². The standard InChI is InChI=1S/C23H23N3O4/c1-28-19-5-3-4-18(13-19)25-23(27)26-10-11-30-21-7-6-16(12-17(21)15-26)20-8-9-24-14-22(20)29-2/h3-9,12-14H,10-11,15H2,1-2H3,(H,25,27). The molecule has 0 radical (unpaired) electrons. The molecular weight excluding hydrogens is 382 g/mol.